The van der Waals surface area contributed by atoms with Crippen LogP contribution in [0, 0.1) is 11.8 Å². The van der Waals surface area contributed by atoms with E-state index in [9.17, 15) is 4.79 Å². The molecule has 2 atom stereocenters. The normalized spacial score (nSPS) is 20.3. The molecule has 186 valence electrons. The number of fused-ring (bicyclic) bond motifs is 2. The number of nitrogen functional groups attached to an aromatic ring is 1. The number of likely N-dealkylation sites (tertiary alicyclic amines) is 1. The van der Waals surface area contributed by atoms with Crippen molar-refractivity contribution in [2.45, 2.75) is 26.4 Å². The molecule has 0 bridgehead atoms. The molecule has 3 aromatic rings. The first-order chi connectivity index (χ1) is 16.6. The standard InChI is InChI=1S/C25H33N7O3/c1-25(2,3)35-24(33)29-19-7-6-15(8-20(19)34-5)18-9-21(32-22(18)23(26)27-14-28-32)31-12-16-10-30(4)11-17(16)13-31/h6-9,14,16-17H,10-13H2,1-5H3,(H,29,33)(H2,26,27,28)/t16-,17+. The molecule has 10 heteroatoms. The summed E-state index contributed by atoms with van der Waals surface area (Å²) in [4.78, 5) is 21.4. The van der Waals surface area contributed by atoms with Gasteiger partial charge in [0.15, 0.2) is 5.82 Å². The van der Waals surface area contributed by atoms with Crippen molar-refractivity contribution in [1.29, 1.82) is 0 Å². The minimum atomic E-state index is -0.597. The van der Waals surface area contributed by atoms with Gasteiger partial charge in [-0.2, -0.15) is 5.10 Å². The van der Waals surface area contributed by atoms with Crippen LogP contribution in [0.2, 0.25) is 0 Å². The molecule has 35 heavy (non-hydrogen) atoms. The third-order valence-electron chi connectivity index (χ3n) is 6.70. The number of rotatable bonds is 4. The van der Waals surface area contributed by atoms with Crippen LogP contribution in [0.1, 0.15) is 20.8 Å². The molecule has 4 heterocycles. The first-order valence-corrected chi connectivity index (χ1v) is 11.9. The molecular weight excluding hydrogens is 446 g/mol. The van der Waals surface area contributed by atoms with Gasteiger partial charge in [0.1, 0.15) is 29.0 Å². The monoisotopic (exact) mass is 479 g/mol. The summed E-state index contributed by atoms with van der Waals surface area (Å²) >= 11 is 0. The zero-order chi connectivity index (χ0) is 24.9. The summed E-state index contributed by atoms with van der Waals surface area (Å²) in [6.07, 6.45) is 0.956. The van der Waals surface area contributed by atoms with Gasteiger partial charge in [-0.1, -0.05) is 6.07 Å². The number of hydrogen-bond donors (Lipinski definition) is 2. The van der Waals surface area contributed by atoms with Gasteiger partial charge in [0.25, 0.3) is 0 Å². The van der Waals surface area contributed by atoms with Crippen LogP contribution < -0.4 is 20.7 Å². The maximum atomic E-state index is 12.3. The largest absolute Gasteiger partial charge is 0.495 e. The number of nitrogens with zero attached hydrogens (tertiary/aromatic N) is 5. The minimum Gasteiger partial charge on any atom is -0.495 e. The Kier molecular flexibility index (Phi) is 5.71. The van der Waals surface area contributed by atoms with Gasteiger partial charge in [-0.05, 0) is 63.4 Å². The number of carbonyl (C=O) groups is 1. The highest BCUT2D eigenvalue weighted by atomic mass is 16.6. The molecule has 10 nitrogen and oxygen atoms in total. The predicted molar refractivity (Wildman–Crippen MR) is 136 cm³/mol. The number of nitrogens with two attached hydrogens (primary N) is 1. The number of amides is 1. The molecule has 0 spiro atoms. The summed E-state index contributed by atoms with van der Waals surface area (Å²) in [5.41, 5.74) is 8.82. The van der Waals surface area contributed by atoms with E-state index in [1.165, 1.54) is 6.33 Å². The SMILES string of the molecule is COc1cc(-c2cc(N3C[C@H]4CN(C)C[C@H]4C3)n3ncnc(N)c23)ccc1NC(=O)OC(C)(C)C. The van der Waals surface area contributed by atoms with Crippen molar-refractivity contribution in [2.75, 3.05) is 56.3 Å². The first kappa shape index (κ1) is 23.2. The molecule has 5 rings (SSSR count). The van der Waals surface area contributed by atoms with Crippen LogP contribution in [0.25, 0.3) is 16.6 Å². The summed E-state index contributed by atoms with van der Waals surface area (Å²) in [5, 5.41) is 7.31. The third-order valence-corrected chi connectivity index (χ3v) is 6.70. The molecule has 2 aliphatic rings. The van der Waals surface area contributed by atoms with Gasteiger partial charge in [-0.15, -0.1) is 0 Å². The summed E-state index contributed by atoms with van der Waals surface area (Å²) < 4.78 is 12.9. The highest BCUT2D eigenvalue weighted by Crippen LogP contribution is 2.40. The highest BCUT2D eigenvalue weighted by Gasteiger charge is 2.39. The Balaban J connectivity index is 1.50. The third kappa shape index (κ3) is 4.45. The molecule has 0 saturated carbocycles. The van der Waals surface area contributed by atoms with Crippen molar-refractivity contribution in [3.05, 3.63) is 30.6 Å². The lowest BCUT2D eigenvalue weighted by Gasteiger charge is -2.20. The molecule has 2 fully saturated rings. The van der Waals surface area contributed by atoms with E-state index in [0.717, 1.165) is 48.6 Å². The number of nitrogens with one attached hydrogen (secondary N) is 1. The number of benzene rings is 1. The summed E-state index contributed by atoms with van der Waals surface area (Å²) in [6.45, 7) is 9.69. The van der Waals surface area contributed by atoms with Crippen LogP contribution in [-0.4, -0.2) is 71.5 Å². The minimum absolute atomic E-state index is 0.412. The van der Waals surface area contributed by atoms with Crippen molar-refractivity contribution >= 4 is 28.9 Å². The van der Waals surface area contributed by atoms with E-state index in [0.29, 0.717) is 29.1 Å². The highest BCUT2D eigenvalue weighted by molar-refractivity contribution is 5.93. The Morgan fingerprint density at radius 2 is 1.86 bits per heavy atom. The summed E-state index contributed by atoms with van der Waals surface area (Å²) in [5.74, 6) is 3.26. The molecule has 3 N–H and O–H groups in total. The summed E-state index contributed by atoms with van der Waals surface area (Å²) in [6, 6.07) is 7.73. The van der Waals surface area contributed by atoms with Gasteiger partial charge in [0, 0.05) is 31.7 Å². The second kappa shape index (κ2) is 8.60. The van der Waals surface area contributed by atoms with Crippen LogP contribution in [0.3, 0.4) is 0 Å². The van der Waals surface area contributed by atoms with E-state index >= 15 is 0 Å². The molecular formula is C25H33N7O3. The quantitative estimate of drug-likeness (QED) is 0.586. The van der Waals surface area contributed by atoms with Crippen molar-refractivity contribution in [3.63, 3.8) is 0 Å². The van der Waals surface area contributed by atoms with E-state index in [1.54, 1.807) is 13.2 Å². The number of carbonyl (C=O) groups excluding carboxylic acids is 1. The van der Waals surface area contributed by atoms with Gasteiger partial charge in [-0.3, -0.25) is 5.32 Å². The molecule has 2 aliphatic heterocycles. The maximum Gasteiger partial charge on any atom is 0.412 e. The lowest BCUT2D eigenvalue weighted by molar-refractivity contribution is 0.0635. The zero-order valence-electron chi connectivity index (χ0n) is 20.9. The molecule has 0 radical (unpaired) electrons. The van der Waals surface area contributed by atoms with E-state index in [2.05, 4.69) is 38.3 Å². The number of methoxy groups -OCH3 is 1. The van der Waals surface area contributed by atoms with Gasteiger partial charge >= 0.3 is 6.09 Å². The van der Waals surface area contributed by atoms with Crippen LogP contribution in [-0.2, 0) is 4.74 Å². The lowest BCUT2D eigenvalue weighted by atomic mass is 10.0. The van der Waals surface area contributed by atoms with Crippen LogP contribution in [0.15, 0.2) is 30.6 Å². The summed E-state index contributed by atoms with van der Waals surface area (Å²) in [7, 11) is 3.76. The van der Waals surface area contributed by atoms with E-state index in [4.69, 9.17) is 15.2 Å². The average Bonchev–Trinajstić information content (AvgIpc) is 3.44. The van der Waals surface area contributed by atoms with Gasteiger partial charge in [-0.25, -0.2) is 14.3 Å². The van der Waals surface area contributed by atoms with Crippen molar-refractivity contribution in [1.82, 2.24) is 19.5 Å². The Bertz CT molecular complexity index is 1250. The predicted octanol–water partition coefficient (Wildman–Crippen LogP) is 3.33. The second-order valence-corrected chi connectivity index (χ2v) is 10.5. The first-order valence-electron chi connectivity index (χ1n) is 11.9. The van der Waals surface area contributed by atoms with Crippen LogP contribution >= 0.6 is 0 Å². The zero-order valence-corrected chi connectivity index (χ0v) is 20.9. The fourth-order valence-electron chi connectivity index (χ4n) is 5.29. The number of ether oxygens (including phenoxy) is 2. The molecule has 2 aromatic heterocycles. The fourth-order valence-corrected chi connectivity index (χ4v) is 5.29. The van der Waals surface area contributed by atoms with E-state index < -0.39 is 11.7 Å². The van der Waals surface area contributed by atoms with E-state index in [-0.39, 0.29) is 0 Å². The van der Waals surface area contributed by atoms with Crippen molar-refractivity contribution < 1.29 is 14.3 Å². The average molecular weight is 480 g/mol. The molecule has 0 aliphatic carbocycles. The number of aromatic nitrogens is 3. The Hall–Kier alpha value is -3.53. The van der Waals surface area contributed by atoms with Crippen LogP contribution in [0.5, 0.6) is 5.75 Å². The second-order valence-electron chi connectivity index (χ2n) is 10.5. The van der Waals surface area contributed by atoms with E-state index in [1.807, 2.05) is 37.4 Å². The molecule has 1 amide bonds. The molecule has 2 saturated heterocycles. The molecule has 0 unspecified atom stereocenters. The van der Waals surface area contributed by atoms with Crippen LogP contribution in [0.4, 0.5) is 22.1 Å². The number of hydrogen-bond acceptors (Lipinski definition) is 8. The van der Waals surface area contributed by atoms with Crippen molar-refractivity contribution in [2.24, 2.45) is 11.8 Å². The van der Waals surface area contributed by atoms with Gasteiger partial charge < -0.3 is 25.0 Å². The Morgan fingerprint density at radius 1 is 1.14 bits per heavy atom. The number of anilines is 3. The van der Waals surface area contributed by atoms with Crippen molar-refractivity contribution in [3.8, 4) is 16.9 Å². The lowest BCUT2D eigenvalue weighted by Crippen LogP contribution is -2.27. The fraction of sp³-hybridized carbons (Fsp3) is 0.480. The Morgan fingerprint density at radius 3 is 2.51 bits per heavy atom. The maximum absolute atomic E-state index is 12.3. The molecule has 1 aromatic carbocycles. The van der Waals surface area contributed by atoms with Gasteiger partial charge in [0.2, 0.25) is 0 Å². The van der Waals surface area contributed by atoms with Gasteiger partial charge in [0.05, 0.1) is 12.8 Å². The Labute approximate surface area is 205 Å². The topological polar surface area (TPSA) is 110 Å². The smallest absolute Gasteiger partial charge is 0.412 e.